The van der Waals surface area contributed by atoms with Gasteiger partial charge in [-0.05, 0) is 47.8 Å². The zero-order chi connectivity index (χ0) is 25.1. The summed E-state index contributed by atoms with van der Waals surface area (Å²) in [7, 11) is 0. The SMILES string of the molecule is O=C(CC1C(=O)N=C2c3ccccc3N=C(SCC(=O)Nc3ccc(F)cc3)N21)NCc1cccs1. The summed E-state index contributed by atoms with van der Waals surface area (Å²) >= 11 is 2.67. The van der Waals surface area contributed by atoms with Crippen LogP contribution in [0.4, 0.5) is 15.8 Å². The lowest BCUT2D eigenvalue weighted by Gasteiger charge is -2.30. The van der Waals surface area contributed by atoms with Crippen LogP contribution in [0.1, 0.15) is 16.9 Å². The first kappa shape index (κ1) is 23.9. The summed E-state index contributed by atoms with van der Waals surface area (Å²) in [6.45, 7) is 0.382. The molecule has 0 spiro atoms. The van der Waals surface area contributed by atoms with Crippen molar-refractivity contribution in [1.82, 2.24) is 10.2 Å². The highest BCUT2D eigenvalue weighted by Gasteiger charge is 2.42. The number of para-hydroxylation sites is 1. The molecule has 2 aliphatic heterocycles. The molecule has 11 heteroatoms. The van der Waals surface area contributed by atoms with Crippen LogP contribution in [-0.4, -0.2) is 45.4 Å². The number of benzene rings is 2. The van der Waals surface area contributed by atoms with Crippen LogP contribution in [0.25, 0.3) is 0 Å². The summed E-state index contributed by atoms with van der Waals surface area (Å²) in [5, 5.41) is 7.89. The lowest BCUT2D eigenvalue weighted by molar-refractivity contribution is -0.126. The molecule has 36 heavy (non-hydrogen) atoms. The number of carbonyl (C=O) groups is 3. The molecule has 0 radical (unpaired) electrons. The molecule has 5 rings (SSSR count). The fraction of sp³-hybridized carbons (Fsp3) is 0.160. The molecule has 0 saturated heterocycles. The minimum atomic E-state index is -0.858. The second kappa shape index (κ2) is 10.4. The van der Waals surface area contributed by atoms with Gasteiger partial charge in [-0.2, -0.15) is 4.99 Å². The van der Waals surface area contributed by atoms with Crippen molar-refractivity contribution in [2.24, 2.45) is 9.98 Å². The molecule has 0 saturated carbocycles. The van der Waals surface area contributed by atoms with Gasteiger partial charge in [-0.1, -0.05) is 30.0 Å². The van der Waals surface area contributed by atoms with Crippen LogP contribution < -0.4 is 10.6 Å². The molecule has 0 aliphatic carbocycles. The number of thioether (sulfide) groups is 1. The van der Waals surface area contributed by atoms with Gasteiger partial charge in [0.05, 0.1) is 24.4 Å². The number of rotatable bonds is 7. The summed E-state index contributed by atoms with van der Waals surface area (Å²) in [6.07, 6.45) is -0.0965. The van der Waals surface area contributed by atoms with Gasteiger partial charge in [0.2, 0.25) is 11.8 Å². The summed E-state index contributed by atoms with van der Waals surface area (Å²) < 4.78 is 13.1. The van der Waals surface area contributed by atoms with Crippen LogP contribution in [0.5, 0.6) is 0 Å². The molecule has 3 aromatic rings. The Kier molecular flexibility index (Phi) is 6.92. The van der Waals surface area contributed by atoms with E-state index in [1.807, 2.05) is 35.7 Å². The molecule has 0 bridgehead atoms. The Morgan fingerprint density at radius 3 is 2.61 bits per heavy atom. The van der Waals surface area contributed by atoms with Gasteiger partial charge in [0.1, 0.15) is 17.7 Å². The summed E-state index contributed by atoms with van der Waals surface area (Å²) in [5.41, 5.74) is 1.79. The van der Waals surface area contributed by atoms with Crippen molar-refractivity contribution in [3.8, 4) is 0 Å². The number of amidine groups is 2. The third kappa shape index (κ3) is 5.21. The first-order valence-electron chi connectivity index (χ1n) is 11.0. The lowest BCUT2D eigenvalue weighted by atomic mass is 10.1. The van der Waals surface area contributed by atoms with Gasteiger partial charge in [0.25, 0.3) is 5.91 Å². The number of anilines is 1. The van der Waals surface area contributed by atoms with E-state index in [0.29, 0.717) is 34.5 Å². The van der Waals surface area contributed by atoms with Crippen LogP contribution in [0, 0.1) is 5.82 Å². The zero-order valence-electron chi connectivity index (χ0n) is 18.8. The van der Waals surface area contributed by atoms with Crippen LogP contribution in [0.3, 0.4) is 0 Å². The van der Waals surface area contributed by atoms with Crippen molar-refractivity contribution in [3.05, 3.63) is 82.3 Å². The molecular weight excluding hydrogens is 501 g/mol. The first-order chi connectivity index (χ1) is 17.5. The number of hydrogen-bond acceptors (Lipinski definition) is 7. The maximum absolute atomic E-state index is 13.1. The van der Waals surface area contributed by atoms with E-state index in [2.05, 4.69) is 20.6 Å². The zero-order valence-corrected chi connectivity index (χ0v) is 20.4. The normalized spacial score (nSPS) is 16.1. The largest absolute Gasteiger partial charge is 0.351 e. The van der Waals surface area contributed by atoms with Crippen LogP contribution in [0.15, 0.2) is 76.0 Å². The number of thiophene rings is 1. The quantitative estimate of drug-likeness (QED) is 0.491. The molecule has 1 aromatic heterocycles. The Hall–Kier alpha value is -3.83. The van der Waals surface area contributed by atoms with E-state index >= 15 is 0 Å². The third-order valence-corrected chi connectivity index (χ3v) is 7.32. The molecule has 3 heterocycles. The van der Waals surface area contributed by atoms with Crippen LogP contribution in [-0.2, 0) is 20.9 Å². The highest BCUT2D eigenvalue weighted by Crippen LogP contribution is 2.35. The van der Waals surface area contributed by atoms with Gasteiger partial charge in [0, 0.05) is 16.1 Å². The number of nitrogens with zero attached hydrogens (tertiary/aromatic N) is 3. The fourth-order valence-electron chi connectivity index (χ4n) is 3.81. The van der Waals surface area contributed by atoms with Crippen molar-refractivity contribution in [3.63, 3.8) is 0 Å². The predicted molar refractivity (Wildman–Crippen MR) is 139 cm³/mol. The third-order valence-electron chi connectivity index (χ3n) is 5.49. The van der Waals surface area contributed by atoms with E-state index in [1.54, 1.807) is 11.0 Å². The highest BCUT2D eigenvalue weighted by molar-refractivity contribution is 8.14. The summed E-state index contributed by atoms with van der Waals surface area (Å²) in [4.78, 5) is 49.7. The van der Waals surface area contributed by atoms with Crippen molar-refractivity contribution in [1.29, 1.82) is 0 Å². The number of hydrogen-bond donors (Lipinski definition) is 2. The monoisotopic (exact) mass is 521 g/mol. The predicted octanol–water partition coefficient (Wildman–Crippen LogP) is 3.92. The van der Waals surface area contributed by atoms with E-state index in [4.69, 9.17) is 0 Å². The van der Waals surface area contributed by atoms with Crippen LogP contribution in [0.2, 0.25) is 0 Å². The molecule has 8 nitrogen and oxygen atoms in total. The molecule has 1 atom stereocenters. The number of carbonyl (C=O) groups excluding carboxylic acids is 3. The molecule has 2 aromatic carbocycles. The van der Waals surface area contributed by atoms with Gasteiger partial charge in [0.15, 0.2) is 5.17 Å². The van der Waals surface area contributed by atoms with Crippen molar-refractivity contribution < 1.29 is 18.8 Å². The minimum Gasteiger partial charge on any atom is -0.351 e. The Labute approximate surface area is 214 Å². The van der Waals surface area contributed by atoms with Crippen molar-refractivity contribution in [2.45, 2.75) is 19.0 Å². The minimum absolute atomic E-state index is 0.00631. The van der Waals surface area contributed by atoms with E-state index in [9.17, 15) is 18.8 Å². The number of nitrogens with one attached hydrogen (secondary N) is 2. The lowest BCUT2D eigenvalue weighted by Crippen LogP contribution is -2.46. The van der Waals surface area contributed by atoms with E-state index in [0.717, 1.165) is 16.6 Å². The van der Waals surface area contributed by atoms with Gasteiger partial charge in [-0.15, -0.1) is 11.3 Å². The molecule has 182 valence electrons. The molecule has 2 N–H and O–H groups in total. The van der Waals surface area contributed by atoms with Crippen LogP contribution >= 0.6 is 23.1 Å². The molecule has 2 aliphatic rings. The molecular formula is C25H20FN5O3S2. The Morgan fingerprint density at radius 2 is 1.83 bits per heavy atom. The average Bonchev–Trinajstić information content (AvgIpc) is 3.51. The Morgan fingerprint density at radius 1 is 1.03 bits per heavy atom. The maximum Gasteiger partial charge on any atom is 0.271 e. The van der Waals surface area contributed by atoms with Gasteiger partial charge >= 0.3 is 0 Å². The summed E-state index contributed by atoms with van der Waals surface area (Å²) in [6, 6.07) is 15.7. The maximum atomic E-state index is 13.1. The second-order valence-corrected chi connectivity index (χ2v) is 9.95. The van der Waals surface area contributed by atoms with E-state index < -0.39 is 17.8 Å². The number of fused-ring (bicyclic) bond motifs is 3. The molecule has 1 unspecified atom stereocenters. The highest BCUT2D eigenvalue weighted by atomic mass is 32.2. The number of halogens is 1. The standard InChI is InChI=1S/C25H20FN5O3S2/c26-15-7-9-16(10-8-15)28-22(33)14-36-25-29-19-6-2-1-5-18(19)23-30-24(34)20(31(23)25)12-21(32)27-13-17-4-3-11-35-17/h1-11,20H,12-14H2,(H,27,32)(H,28,33). The van der Waals surface area contributed by atoms with Gasteiger partial charge < -0.3 is 10.6 Å². The van der Waals surface area contributed by atoms with Crippen molar-refractivity contribution >= 4 is 63.2 Å². The van der Waals surface area contributed by atoms with Crippen molar-refractivity contribution in [2.75, 3.05) is 11.1 Å². The molecule has 0 fully saturated rings. The van der Waals surface area contributed by atoms with E-state index in [1.165, 1.54) is 35.6 Å². The second-order valence-electron chi connectivity index (χ2n) is 7.97. The summed E-state index contributed by atoms with van der Waals surface area (Å²) in [5.74, 6) is -1.01. The number of aliphatic imine (C=N–C) groups is 2. The smallest absolute Gasteiger partial charge is 0.271 e. The van der Waals surface area contributed by atoms with E-state index in [-0.39, 0.29) is 24.0 Å². The first-order valence-corrected chi connectivity index (χ1v) is 12.9. The van der Waals surface area contributed by atoms with Gasteiger partial charge in [-0.25, -0.2) is 9.38 Å². The number of amides is 3. The molecule has 3 amide bonds. The fourth-order valence-corrected chi connectivity index (χ4v) is 5.30. The average molecular weight is 522 g/mol. The Bertz CT molecular complexity index is 1370. The topological polar surface area (TPSA) is 103 Å². The van der Waals surface area contributed by atoms with Gasteiger partial charge in [-0.3, -0.25) is 19.3 Å². The Balaban J connectivity index is 1.31.